The minimum absolute atomic E-state index is 0.0157. The van der Waals surface area contributed by atoms with Gasteiger partial charge in [0.15, 0.2) is 4.34 Å². The maximum Gasteiger partial charge on any atom is 0.230 e. The van der Waals surface area contributed by atoms with E-state index in [4.69, 9.17) is 4.74 Å². The lowest BCUT2D eigenvalue weighted by molar-refractivity contribution is -0.119. The monoisotopic (exact) mass is 342 g/mol. The molecule has 120 valence electrons. The summed E-state index contributed by atoms with van der Waals surface area (Å²) in [6, 6.07) is 0. The van der Waals surface area contributed by atoms with Crippen molar-refractivity contribution in [1.29, 1.82) is 0 Å². The van der Waals surface area contributed by atoms with Gasteiger partial charge in [-0.25, -0.2) is 0 Å². The predicted octanol–water partition coefficient (Wildman–Crippen LogP) is 1.27. The van der Waals surface area contributed by atoms with Gasteiger partial charge in [0.1, 0.15) is 0 Å². The number of hydrogen-bond acceptors (Lipinski definition) is 7. The van der Waals surface area contributed by atoms with E-state index in [1.807, 2.05) is 0 Å². The van der Waals surface area contributed by atoms with E-state index in [1.54, 1.807) is 0 Å². The lowest BCUT2D eigenvalue weighted by Gasteiger charge is -2.09. The molecule has 1 aliphatic carbocycles. The fourth-order valence-electron chi connectivity index (χ4n) is 2.08. The Kier molecular flexibility index (Phi) is 5.27. The van der Waals surface area contributed by atoms with E-state index in [1.165, 1.54) is 23.1 Å². The largest absolute Gasteiger partial charge is 0.376 e. The molecule has 9 heteroatoms. The maximum atomic E-state index is 11.8. The SMILES string of the molecule is O=C(CSc1nnc(NC(=O)C2CC2)s1)NC[C@H]1CCCO1. The molecule has 0 spiro atoms. The molecule has 2 heterocycles. The summed E-state index contributed by atoms with van der Waals surface area (Å²) in [7, 11) is 0. The van der Waals surface area contributed by atoms with E-state index in [-0.39, 0.29) is 29.6 Å². The summed E-state index contributed by atoms with van der Waals surface area (Å²) < 4.78 is 6.13. The lowest BCUT2D eigenvalue weighted by atomic mass is 10.2. The molecule has 2 amide bonds. The van der Waals surface area contributed by atoms with Crippen molar-refractivity contribution < 1.29 is 14.3 Å². The molecule has 1 aromatic rings. The summed E-state index contributed by atoms with van der Waals surface area (Å²) in [5.41, 5.74) is 0. The van der Waals surface area contributed by atoms with Gasteiger partial charge < -0.3 is 15.4 Å². The fourth-order valence-corrected chi connectivity index (χ4v) is 3.67. The van der Waals surface area contributed by atoms with E-state index in [9.17, 15) is 9.59 Å². The number of carbonyl (C=O) groups is 2. The van der Waals surface area contributed by atoms with Crippen LogP contribution in [0, 0.1) is 5.92 Å². The molecule has 0 radical (unpaired) electrons. The third-order valence-corrected chi connectivity index (χ3v) is 5.43. The molecule has 2 aliphatic rings. The number of amides is 2. The van der Waals surface area contributed by atoms with Crippen LogP contribution in [0.2, 0.25) is 0 Å². The van der Waals surface area contributed by atoms with Crippen LogP contribution < -0.4 is 10.6 Å². The van der Waals surface area contributed by atoms with E-state index in [0.29, 0.717) is 16.0 Å². The zero-order chi connectivity index (χ0) is 15.4. The van der Waals surface area contributed by atoms with Gasteiger partial charge in [-0.2, -0.15) is 0 Å². The van der Waals surface area contributed by atoms with Crippen molar-refractivity contribution in [2.24, 2.45) is 5.92 Å². The van der Waals surface area contributed by atoms with E-state index in [2.05, 4.69) is 20.8 Å². The molecule has 1 atom stereocenters. The second-order valence-corrected chi connectivity index (χ2v) is 7.56. The van der Waals surface area contributed by atoms with Crippen LogP contribution in [-0.2, 0) is 14.3 Å². The molecule has 0 bridgehead atoms. The first-order chi connectivity index (χ1) is 10.7. The van der Waals surface area contributed by atoms with Crippen LogP contribution in [0.4, 0.5) is 5.13 Å². The van der Waals surface area contributed by atoms with Crippen molar-refractivity contribution in [2.45, 2.75) is 36.1 Å². The fraction of sp³-hybridized carbons (Fsp3) is 0.692. The Hall–Kier alpha value is -1.19. The number of nitrogens with zero attached hydrogens (tertiary/aromatic N) is 2. The highest BCUT2D eigenvalue weighted by Gasteiger charge is 2.30. The molecule has 22 heavy (non-hydrogen) atoms. The average Bonchev–Trinajstić information content (AvgIpc) is 3.06. The third kappa shape index (κ3) is 4.65. The summed E-state index contributed by atoms with van der Waals surface area (Å²) in [6.45, 7) is 1.35. The van der Waals surface area contributed by atoms with Crippen molar-refractivity contribution in [1.82, 2.24) is 15.5 Å². The number of anilines is 1. The number of carbonyl (C=O) groups excluding carboxylic acids is 2. The third-order valence-electron chi connectivity index (χ3n) is 3.46. The quantitative estimate of drug-likeness (QED) is 0.573. The molecule has 1 aromatic heterocycles. The second-order valence-electron chi connectivity index (χ2n) is 5.36. The molecular formula is C13H18N4O3S2. The van der Waals surface area contributed by atoms with Gasteiger partial charge in [-0.1, -0.05) is 23.1 Å². The van der Waals surface area contributed by atoms with Gasteiger partial charge in [-0.15, -0.1) is 10.2 Å². The Labute approximate surface area is 136 Å². The Morgan fingerprint density at radius 3 is 2.91 bits per heavy atom. The zero-order valence-electron chi connectivity index (χ0n) is 12.0. The van der Waals surface area contributed by atoms with Crippen molar-refractivity contribution in [3.05, 3.63) is 0 Å². The summed E-state index contributed by atoms with van der Waals surface area (Å²) in [5, 5.41) is 14.0. The van der Waals surface area contributed by atoms with Crippen molar-refractivity contribution in [3.63, 3.8) is 0 Å². The van der Waals surface area contributed by atoms with Crippen molar-refractivity contribution in [2.75, 3.05) is 24.2 Å². The summed E-state index contributed by atoms with van der Waals surface area (Å²) in [6.07, 6.45) is 4.14. The molecule has 0 aromatic carbocycles. The normalized spacial score (nSPS) is 20.8. The molecule has 1 aliphatic heterocycles. The minimum atomic E-state index is -0.0423. The van der Waals surface area contributed by atoms with E-state index < -0.39 is 0 Å². The second kappa shape index (κ2) is 7.38. The van der Waals surface area contributed by atoms with Crippen LogP contribution in [0.15, 0.2) is 4.34 Å². The molecule has 0 unspecified atom stereocenters. The molecule has 2 N–H and O–H groups in total. The van der Waals surface area contributed by atoms with Gasteiger partial charge in [0.2, 0.25) is 16.9 Å². The minimum Gasteiger partial charge on any atom is -0.376 e. The van der Waals surface area contributed by atoms with Gasteiger partial charge in [0, 0.05) is 19.1 Å². The Morgan fingerprint density at radius 1 is 1.32 bits per heavy atom. The highest BCUT2D eigenvalue weighted by atomic mass is 32.2. The maximum absolute atomic E-state index is 11.8. The van der Waals surface area contributed by atoms with Gasteiger partial charge in [0.05, 0.1) is 11.9 Å². The van der Waals surface area contributed by atoms with Crippen LogP contribution in [0.1, 0.15) is 25.7 Å². The molecule has 2 fully saturated rings. The van der Waals surface area contributed by atoms with Gasteiger partial charge >= 0.3 is 0 Å². The zero-order valence-corrected chi connectivity index (χ0v) is 13.7. The number of nitrogens with one attached hydrogen (secondary N) is 2. The van der Waals surface area contributed by atoms with Crippen molar-refractivity contribution in [3.8, 4) is 0 Å². The number of rotatable bonds is 7. The van der Waals surface area contributed by atoms with Gasteiger partial charge in [-0.05, 0) is 25.7 Å². The smallest absolute Gasteiger partial charge is 0.230 e. The first-order valence-electron chi connectivity index (χ1n) is 7.36. The van der Waals surface area contributed by atoms with Crippen LogP contribution in [0.25, 0.3) is 0 Å². The molecule has 1 saturated heterocycles. The molecular weight excluding hydrogens is 324 g/mol. The molecule has 3 rings (SSSR count). The average molecular weight is 342 g/mol. The highest BCUT2D eigenvalue weighted by Crippen LogP contribution is 2.31. The lowest BCUT2D eigenvalue weighted by Crippen LogP contribution is -2.32. The van der Waals surface area contributed by atoms with Crippen LogP contribution in [0.5, 0.6) is 0 Å². The van der Waals surface area contributed by atoms with Crippen LogP contribution in [-0.4, -0.2) is 47.0 Å². The van der Waals surface area contributed by atoms with Gasteiger partial charge in [-0.3, -0.25) is 9.59 Å². The topological polar surface area (TPSA) is 93.2 Å². The highest BCUT2D eigenvalue weighted by molar-refractivity contribution is 8.01. The number of hydrogen-bond donors (Lipinski definition) is 2. The standard InChI is InChI=1S/C13H18N4O3S2/c18-10(14-6-9-2-1-5-20-9)7-21-13-17-16-12(22-13)15-11(19)8-3-4-8/h8-9H,1-7H2,(H,14,18)(H,15,16,19)/t9-/m1/s1. The first-order valence-corrected chi connectivity index (χ1v) is 9.16. The number of aromatic nitrogens is 2. The Bertz CT molecular complexity index is 541. The first kappa shape index (κ1) is 15.7. The van der Waals surface area contributed by atoms with Gasteiger partial charge in [0.25, 0.3) is 0 Å². The summed E-state index contributed by atoms with van der Waals surface area (Å²) in [4.78, 5) is 23.4. The number of ether oxygens (including phenoxy) is 1. The van der Waals surface area contributed by atoms with Crippen LogP contribution >= 0.6 is 23.1 Å². The Balaban J connectivity index is 1.36. The summed E-state index contributed by atoms with van der Waals surface area (Å²) >= 11 is 2.62. The van der Waals surface area contributed by atoms with Crippen LogP contribution in [0.3, 0.4) is 0 Å². The molecule has 1 saturated carbocycles. The van der Waals surface area contributed by atoms with E-state index >= 15 is 0 Å². The number of thioether (sulfide) groups is 1. The summed E-state index contributed by atoms with van der Waals surface area (Å²) in [5.74, 6) is 0.405. The van der Waals surface area contributed by atoms with Crippen molar-refractivity contribution >= 4 is 40.0 Å². The van der Waals surface area contributed by atoms with E-state index in [0.717, 1.165) is 32.3 Å². The molecule has 7 nitrogen and oxygen atoms in total. The predicted molar refractivity (Wildman–Crippen MR) is 84.0 cm³/mol. The Morgan fingerprint density at radius 2 is 2.18 bits per heavy atom.